The average Bonchev–Trinajstić information content (AvgIpc) is 2.76. The first-order valence-corrected chi connectivity index (χ1v) is 8.71. The molecule has 0 aliphatic heterocycles. The SMILES string of the molecule is C[C@]12C=CC(O)CC1CC[C@@H]1C2=CC[C@]2(C)C(O)CC[C@@H]12. The van der Waals surface area contributed by atoms with Gasteiger partial charge in [-0.15, -0.1) is 0 Å². The highest BCUT2D eigenvalue weighted by atomic mass is 16.3. The van der Waals surface area contributed by atoms with Crippen LogP contribution in [-0.4, -0.2) is 22.4 Å². The van der Waals surface area contributed by atoms with Gasteiger partial charge in [0.2, 0.25) is 0 Å². The molecule has 4 rings (SSSR count). The van der Waals surface area contributed by atoms with Crippen LogP contribution in [0.15, 0.2) is 23.8 Å². The zero-order valence-electron chi connectivity index (χ0n) is 13.3. The summed E-state index contributed by atoms with van der Waals surface area (Å²) >= 11 is 0. The number of rotatable bonds is 0. The lowest BCUT2D eigenvalue weighted by Gasteiger charge is -2.54. The van der Waals surface area contributed by atoms with Crippen LogP contribution in [0.1, 0.15) is 52.4 Å². The van der Waals surface area contributed by atoms with Gasteiger partial charge in [-0.1, -0.05) is 37.6 Å². The fraction of sp³-hybridized carbons (Fsp3) is 0.789. The molecule has 2 fully saturated rings. The van der Waals surface area contributed by atoms with E-state index in [1.54, 1.807) is 5.57 Å². The first kappa shape index (κ1) is 14.0. The molecule has 0 spiro atoms. The normalized spacial score (nSPS) is 55.4. The van der Waals surface area contributed by atoms with E-state index in [9.17, 15) is 10.2 Å². The molecule has 7 atom stereocenters. The van der Waals surface area contributed by atoms with Gasteiger partial charge in [0.1, 0.15) is 0 Å². The number of allylic oxidation sites excluding steroid dienone is 3. The van der Waals surface area contributed by atoms with Gasteiger partial charge >= 0.3 is 0 Å². The molecule has 3 unspecified atom stereocenters. The Morgan fingerprint density at radius 1 is 1.10 bits per heavy atom. The molecule has 0 saturated heterocycles. The van der Waals surface area contributed by atoms with E-state index in [4.69, 9.17) is 0 Å². The van der Waals surface area contributed by atoms with Crippen molar-refractivity contribution < 1.29 is 10.2 Å². The highest BCUT2D eigenvalue weighted by molar-refractivity contribution is 5.34. The van der Waals surface area contributed by atoms with Gasteiger partial charge in [-0.25, -0.2) is 0 Å². The van der Waals surface area contributed by atoms with E-state index >= 15 is 0 Å². The van der Waals surface area contributed by atoms with Crippen molar-refractivity contribution in [3.8, 4) is 0 Å². The third-order valence-electron chi connectivity index (χ3n) is 7.49. The monoisotopic (exact) mass is 288 g/mol. The predicted octanol–water partition coefficient (Wildman–Crippen LogP) is 3.45. The van der Waals surface area contributed by atoms with Crippen molar-refractivity contribution in [3.05, 3.63) is 23.8 Å². The van der Waals surface area contributed by atoms with Crippen molar-refractivity contribution in [2.75, 3.05) is 0 Å². The van der Waals surface area contributed by atoms with Crippen LogP contribution in [0.2, 0.25) is 0 Å². The van der Waals surface area contributed by atoms with E-state index in [0.29, 0.717) is 17.8 Å². The molecule has 21 heavy (non-hydrogen) atoms. The molecule has 4 aliphatic rings. The molecule has 0 amide bonds. The molecule has 2 saturated carbocycles. The molecule has 2 nitrogen and oxygen atoms in total. The highest BCUT2D eigenvalue weighted by Crippen LogP contribution is 2.62. The predicted molar refractivity (Wildman–Crippen MR) is 83.6 cm³/mol. The minimum absolute atomic E-state index is 0.106. The Balaban J connectivity index is 1.74. The van der Waals surface area contributed by atoms with E-state index in [1.165, 1.54) is 19.3 Å². The summed E-state index contributed by atoms with van der Waals surface area (Å²) in [7, 11) is 0. The van der Waals surface area contributed by atoms with E-state index in [0.717, 1.165) is 19.3 Å². The van der Waals surface area contributed by atoms with Gasteiger partial charge < -0.3 is 10.2 Å². The molecule has 2 N–H and O–H groups in total. The van der Waals surface area contributed by atoms with Crippen molar-refractivity contribution in [2.45, 2.75) is 64.6 Å². The molecule has 2 heteroatoms. The first-order valence-electron chi connectivity index (χ1n) is 8.71. The minimum atomic E-state index is -0.248. The summed E-state index contributed by atoms with van der Waals surface area (Å²) in [5.41, 5.74) is 1.88. The largest absolute Gasteiger partial charge is 0.393 e. The van der Waals surface area contributed by atoms with Crippen LogP contribution in [0, 0.1) is 28.6 Å². The first-order chi connectivity index (χ1) is 9.95. The van der Waals surface area contributed by atoms with Gasteiger partial charge in [0.05, 0.1) is 12.2 Å². The van der Waals surface area contributed by atoms with Crippen molar-refractivity contribution in [1.29, 1.82) is 0 Å². The van der Waals surface area contributed by atoms with E-state index in [2.05, 4.69) is 26.0 Å². The van der Waals surface area contributed by atoms with Crippen molar-refractivity contribution in [1.82, 2.24) is 0 Å². The van der Waals surface area contributed by atoms with Crippen LogP contribution >= 0.6 is 0 Å². The lowest BCUT2D eigenvalue weighted by Crippen LogP contribution is -2.47. The number of hydrogen-bond acceptors (Lipinski definition) is 2. The quantitative estimate of drug-likeness (QED) is 0.670. The van der Waals surface area contributed by atoms with Gasteiger partial charge in [-0.05, 0) is 56.3 Å². The maximum Gasteiger partial charge on any atom is 0.0724 e. The smallest absolute Gasteiger partial charge is 0.0724 e. The summed E-state index contributed by atoms with van der Waals surface area (Å²) in [6.07, 6.45) is 13.0. The Hall–Kier alpha value is -0.600. The van der Waals surface area contributed by atoms with E-state index in [1.807, 2.05) is 6.08 Å². The molecular formula is C19H28O2. The topological polar surface area (TPSA) is 40.5 Å². The molecule has 0 heterocycles. The lowest BCUT2D eigenvalue weighted by molar-refractivity contribution is 0.00130. The second-order valence-corrected chi connectivity index (χ2v) is 8.39. The fourth-order valence-corrected chi connectivity index (χ4v) is 6.06. The zero-order chi connectivity index (χ0) is 14.8. The lowest BCUT2D eigenvalue weighted by atomic mass is 9.50. The maximum absolute atomic E-state index is 10.4. The highest BCUT2D eigenvalue weighted by Gasteiger charge is 2.56. The molecule has 0 bridgehead atoms. The average molecular weight is 288 g/mol. The van der Waals surface area contributed by atoms with E-state index < -0.39 is 0 Å². The van der Waals surface area contributed by atoms with Gasteiger partial charge in [-0.2, -0.15) is 0 Å². The minimum Gasteiger partial charge on any atom is -0.393 e. The molecule has 0 aromatic carbocycles. The van der Waals surface area contributed by atoms with Crippen LogP contribution in [-0.2, 0) is 0 Å². The van der Waals surface area contributed by atoms with Gasteiger partial charge in [0.15, 0.2) is 0 Å². The van der Waals surface area contributed by atoms with Gasteiger partial charge in [-0.3, -0.25) is 0 Å². The van der Waals surface area contributed by atoms with Crippen molar-refractivity contribution in [2.24, 2.45) is 28.6 Å². The van der Waals surface area contributed by atoms with Crippen LogP contribution < -0.4 is 0 Å². The van der Waals surface area contributed by atoms with Gasteiger partial charge in [0, 0.05) is 10.8 Å². The number of hydrogen-bond donors (Lipinski definition) is 2. The third kappa shape index (κ3) is 1.78. The summed E-state index contributed by atoms with van der Waals surface area (Å²) in [5.74, 6) is 1.91. The number of aliphatic hydroxyl groups is 2. The number of fused-ring (bicyclic) bond motifs is 5. The molecule has 0 aromatic heterocycles. The molecule has 0 radical (unpaired) electrons. The third-order valence-corrected chi connectivity index (χ3v) is 7.49. The Bertz CT molecular complexity index is 508. The summed E-state index contributed by atoms with van der Waals surface area (Å²) in [4.78, 5) is 0. The standard InChI is InChI=1S/C19H28O2/c1-18-9-7-13(20)11-12(18)3-4-14-15-5-6-17(21)19(15,2)10-8-16(14)18/h7-9,12-15,17,20-21H,3-6,10-11H2,1-2H3/t12?,13?,14-,15-,17?,18-,19-/m0/s1. The Morgan fingerprint density at radius 3 is 2.71 bits per heavy atom. The maximum atomic E-state index is 10.4. The Morgan fingerprint density at radius 2 is 1.90 bits per heavy atom. The molecule has 0 aromatic rings. The Labute approximate surface area is 127 Å². The second-order valence-electron chi connectivity index (χ2n) is 8.39. The summed E-state index contributed by atoms with van der Waals surface area (Å²) in [6, 6.07) is 0. The molecule has 4 aliphatic carbocycles. The summed E-state index contributed by atoms with van der Waals surface area (Å²) in [5, 5.41) is 20.4. The van der Waals surface area contributed by atoms with Gasteiger partial charge in [0.25, 0.3) is 0 Å². The van der Waals surface area contributed by atoms with Crippen molar-refractivity contribution in [3.63, 3.8) is 0 Å². The van der Waals surface area contributed by atoms with Crippen molar-refractivity contribution >= 4 is 0 Å². The number of aliphatic hydroxyl groups excluding tert-OH is 2. The van der Waals surface area contributed by atoms with Crippen LogP contribution in [0.3, 0.4) is 0 Å². The second kappa shape index (κ2) is 4.45. The Kier molecular flexibility index (Phi) is 2.97. The van der Waals surface area contributed by atoms with Crippen LogP contribution in [0.5, 0.6) is 0 Å². The van der Waals surface area contributed by atoms with Crippen LogP contribution in [0.25, 0.3) is 0 Å². The molecule has 116 valence electrons. The van der Waals surface area contributed by atoms with Crippen LogP contribution in [0.4, 0.5) is 0 Å². The summed E-state index contributed by atoms with van der Waals surface area (Å²) in [6.45, 7) is 4.68. The molecular weight excluding hydrogens is 260 g/mol. The summed E-state index contributed by atoms with van der Waals surface area (Å²) < 4.78 is 0. The zero-order valence-corrected chi connectivity index (χ0v) is 13.3. The van der Waals surface area contributed by atoms with E-state index in [-0.39, 0.29) is 23.0 Å². The fourth-order valence-electron chi connectivity index (χ4n) is 6.06.